The highest BCUT2D eigenvalue weighted by molar-refractivity contribution is 5.89. The summed E-state index contributed by atoms with van der Waals surface area (Å²) in [6.45, 7) is 5.16. The van der Waals surface area contributed by atoms with Gasteiger partial charge in [-0.3, -0.25) is 9.59 Å². The zero-order valence-electron chi connectivity index (χ0n) is 12.6. The molecule has 4 atom stereocenters. The average Bonchev–Trinajstić information content (AvgIpc) is 3.18. The van der Waals surface area contributed by atoms with Crippen LogP contribution in [0.2, 0.25) is 0 Å². The SMILES string of the molecule is C[C@H]1[C@H](C)CCC[C@@H]1NC(=O)[C@H]1CC(=O)N(C2CC2)C1. The minimum atomic E-state index is -0.118. The van der Waals surface area contributed by atoms with Crippen molar-refractivity contribution < 1.29 is 9.59 Å². The Morgan fingerprint density at radius 1 is 1.20 bits per heavy atom. The summed E-state index contributed by atoms with van der Waals surface area (Å²) in [6.07, 6.45) is 6.22. The first-order chi connectivity index (χ1) is 9.56. The van der Waals surface area contributed by atoms with Gasteiger partial charge in [-0.15, -0.1) is 0 Å². The molecule has 0 unspecified atom stereocenters. The third-order valence-electron chi connectivity index (χ3n) is 5.55. The summed E-state index contributed by atoms with van der Waals surface area (Å²) in [5.74, 6) is 1.39. The van der Waals surface area contributed by atoms with Gasteiger partial charge in [0, 0.05) is 25.0 Å². The quantitative estimate of drug-likeness (QED) is 0.857. The van der Waals surface area contributed by atoms with Crippen molar-refractivity contribution in [2.24, 2.45) is 17.8 Å². The number of hydrogen-bond donors (Lipinski definition) is 1. The molecule has 0 bridgehead atoms. The Morgan fingerprint density at radius 2 is 1.95 bits per heavy atom. The third-order valence-corrected chi connectivity index (χ3v) is 5.55. The van der Waals surface area contributed by atoms with E-state index in [-0.39, 0.29) is 17.7 Å². The third kappa shape index (κ3) is 2.70. The predicted octanol–water partition coefficient (Wildman–Crippen LogP) is 1.94. The van der Waals surface area contributed by atoms with Crippen molar-refractivity contribution in [2.45, 2.75) is 64.5 Å². The number of nitrogens with zero attached hydrogens (tertiary/aromatic N) is 1. The number of amides is 2. The number of carbonyl (C=O) groups excluding carboxylic acids is 2. The fourth-order valence-corrected chi connectivity index (χ4v) is 3.73. The monoisotopic (exact) mass is 278 g/mol. The molecule has 3 rings (SSSR count). The molecule has 3 aliphatic rings. The van der Waals surface area contributed by atoms with Gasteiger partial charge < -0.3 is 10.2 Å². The van der Waals surface area contributed by atoms with E-state index >= 15 is 0 Å². The first-order valence-electron chi connectivity index (χ1n) is 8.16. The maximum atomic E-state index is 12.4. The highest BCUT2D eigenvalue weighted by atomic mass is 16.2. The topological polar surface area (TPSA) is 49.4 Å². The summed E-state index contributed by atoms with van der Waals surface area (Å²) >= 11 is 0. The first kappa shape index (κ1) is 13.9. The van der Waals surface area contributed by atoms with E-state index in [4.69, 9.17) is 0 Å². The zero-order valence-corrected chi connectivity index (χ0v) is 12.6. The first-order valence-corrected chi connectivity index (χ1v) is 8.16. The van der Waals surface area contributed by atoms with Crippen LogP contribution in [0.4, 0.5) is 0 Å². The molecule has 3 fully saturated rings. The molecule has 0 spiro atoms. The van der Waals surface area contributed by atoms with Crippen molar-refractivity contribution in [3.05, 3.63) is 0 Å². The van der Waals surface area contributed by atoms with Crippen LogP contribution >= 0.6 is 0 Å². The molecule has 0 aromatic carbocycles. The Labute approximate surface area is 121 Å². The molecular weight excluding hydrogens is 252 g/mol. The molecule has 4 heteroatoms. The van der Waals surface area contributed by atoms with Gasteiger partial charge in [0.1, 0.15) is 0 Å². The number of nitrogens with one attached hydrogen (secondary N) is 1. The van der Waals surface area contributed by atoms with Crippen LogP contribution in [0.25, 0.3) is 0 Å². The van der Waals surface area contributed by atoms with E-state index in [0.717, 1.165) is 19.3 Å². The van der Waals surface area contributed by atoms with E-state index in [1.165, 1.54) is 12.8 Å². The maximum absolute atomic E-state index is 12.4. The fourth-order valence-electron chi connectivity index (χ4n) is 3.73. The van der Waals surface area contributed by atoms with E-state index in [9.17, 15) is 9.59 Å². The predicted molar refractivity (Wildman–Crippen MR) is 77.0 cm³/mol. The molecule has 0 radical (unpaired) electrons. The van der Waals surface area contributed by atoms with E-state index in [1.54, 1.807) is 0 Å². The standard InChI is InChI=1S/C16H26N2O2/c1-10-4-3-5-14(11(10)2)17-16(20)12-8-15(19)18(9-12)13-6-7-13/h10-14H,3-9H2,1-2H3,(H,17,20)/t10-,11+,12+,14+/m1/s1. The van der Waals surface area contributed by atoms with E-state index < -0.39 is 0 Å². The Morgan fingerprint density at radius 3 is 2.65 bits per heavy atom. The van der Waals surface area contributed by atoms with Crippen LogP contribution in [0.5, 0.6) is 0 Å². The minimum absolute atomic E-state index is 0.104. The maximum Gasteiger partial charge on any atom is 0.225 e. The second kappa shape index (κ2) is 5.38. The van der Waals surface area contributed by atoms with Gasteiger partial charge in [-0.05, 0) is 31.1 Å². The van der Waals surface area contributed by atoms with Gasteiger partial charge in [-0.1, -0.05) is 26.7 Å². The second-order valence-corrected chi connectivity index (χ2v) is 7.06. The summed E-state index contributed by atoms with van der Waals surface area (Å²) < 4.78 is 0. The molecule has 2 aliphatic carbocycles. The molecule has 1 aliphatic heterocycles. The Bertz CT molecular complexity index is 405. The van der Waals surface area contributed by atoms with Crippen LogP contribution in [0.1, 0.15) is 52.4 Å². The molecule has 2 amide bonds. The van der Waals surface area contributed by atoms with Crippen LogP contribution in [-0.4, -0.2) is 35.3 Å². The van der Waals surface area contributed by atoms with Crippen molar-refractivity contribution in [1.29, 1.82) is 0 Å². The summed E-state index contributed by atoms with van der Waals surface area (Å²) in [6, 6.07) is 0.741. The largest absolute Gasteiger partial charge is 0.353 e. The van der Waals surface area contributed by atoms with Gasteiger partial charge in [-0.25, -0.2) is 0 Å². The van der Waals surface area contributed by atoms with Crippen molar-refractivity contribution in [2.75, 3.05) is 6.54 Å². The molecule has 112 valence electrons. The van der Waals surface area contributed by atoms with Gasteiger partial charge >= 0.3 is 0 Å². The minimum Gasteiger partial charge on any atom is -0.353 e. The van der Waals surface area contributed by atoms with Gasteiger partial charge in [0.05, 0.1) is 5.92 Å². The number of likely N-dealkylation sites (tertiary alicyclic amines) is 1. The van der Waals surface area contributed by atoms with Crippen molar-refractivity contribution in [3.8, 4) is 0 Å². The smallest absolute Gasteiger partial charge is 0.225 e. The average molecular weight is 278 g/mol. The van der Waals surface area contributed by atoms with Crippen LogP contribution in [0, 0.1) is 17.8 Å². The summed E-state index contributed by atoms with van der Waals surface area (Å²) in [5, 5.41) is 3.22. The Kier molecular flexibility index (Phi) is 3.74. The van der Waals surface area contributed by atoms with Crippen molar-refractivity contribution in [1.82, 2.24) is 10.2 Å². The van der Waals surface area contributed by atoms with Gasteiger partial charge in [-0.2, -0.15) is 0 Å². The molecule has 2 saturated carbocycles. The van der Waals surface area contributed by atoms with Crippen LogP contribution in [-0.2, 0) is 9.59 Å². The van der Waals surface area contributed by atoms with Crippen LogP contribution in [0.3, 0.4) is 0 Å². The van der Waals surface area contributed by atoms with E-state index in [0.29, 0.717) is 36.9 Å². The lowest BCUT2D eigenvalue weighted by atomic mass is 9.78. The van der Waals surface area contributed by atoms with E-state index in [1.807, 2.05) is 4.90 Å². The highest BCUT2D eigenvalue weighted by Crippen LogP contribution is 2.33. The highest BCUT2D eigenvalue weighted by Gasteiger charge is 2.42. The summed E-state index contributed by atoms with van der Waals surface area (Å²) in [7, 11) is 0. The Balaban J connectivity index is 1.55. The van der Waals surface area contributed by atoms with Crippen molar-refractivity contribution in [3.63, 3.8) is 0 Å². The molecule has 0 aromatic heterocycles. The lowest BCUT2D eigenvalue weighted by Crippen LogP contribution is -2.46. The van der Waals surface area contributed by atoms with Gasteiger partial charge in [0.25, 0.3) is 0 Å². The molecule has 0 aromatic rings. The lowest BCUT2D eigenvalue weighted by molar-refractivity contribution is -0.129. The van der Waals surface area contributed by atoms with Crippen molar-refractivity contribution >= 4 is 11.8 Å². The van der Waals surface area contributed by atoms with Crippen LogP contribution in [0.15, 0.2) is 0 Å². The molecular formula is C16H26N2O2. The van der Waals surface area contributed by atoms with E-state index in [2.05, 4.69) is 19.2 Å². The summed E-state index contributed by atoms with van der Waals surface area (Å²) in [4.78, 5) is 26.3. The molecule has 1 N–H and O–H groups in total. The number of hydrogen-bond acceptors (Lipinski definition) is 2. The Hall–Kier alpha value is -1.06. The summed E-state index contributed by atoms with van der Waals surface area (Å²) in [5.41, 5.74) is 0. The molecule has 1 heterocycles. The fraction of sp³-hybridized carbons (Fsp3) is 0.875. The van der Waals surface area contributed by atoms with Crippen LogP contribution < -0.4 is 5.32 Å². The molecule has 4 nitrogen and oxygen atoms in total. The molecule has 20 heavy (non-hydrogen) atoms. The molecule has 1 saturated heterocycles. The number of rotatable bonds is 3. The second-order valence-electron chi connectivity index (χ2n) is 7.06. The van der Waals surface area contributed by atoms with Gasteiger partial charge in [0.2, 0.25) is 11.8 Å². The zero-order chi connectivity index (χ0) is 14.3. The lowest BCUT2D eigenvalue weighted by Gasteiger charge is -2.35. The number of carbonyl (C=O) groups is 2. The van der Waals surface area contributed by atoms with Gasteiger partial charge in [0.15, 0.2) is 0 Å². The normalized spacial score (nSPS) is 38.1.